The zero-order chi connectivity index (χ0) is 10.6. The maximum absolute atomic E-state index is 10.4. The van der Waals surface area contributed by atoms with E-state index in [4.69, 9.17) is 19.7 Å². The van der Waals surface area contributed by atoms with Gasteiger partial charge in [-0.15, -0.1) is 0 Å². The van der Waals surface area contributed by atoms with Crippen LogP contribution in [0.4, 0.5) is 0 Å². The van der Waals surface area contributed by atoms with Crippen molar-refractivity contribution in [2.45, 2.75) is 19.1 Å². The molecule has 0 atom stereocenters. The molecule has 80 valence electrons. The molecular formula is C8H12NaO6+. The van der Waals surface area contributed by atoms with E-state index in [9.17, 15) is 9.59 Å². The third-order valence-electron chi connectivity index (χ3n) is 1.91. The molecule has 1 aliphatic heterocycles. The van der Waals surface area contributed by atoms with Gasteiger partial charge in [0.1, 0.15) is 0 Å². The summed E-state index contributed by atoms with van der Waals surface area (Å²) in [4.78, 5) is 20.9. The monoisotopic (exact) mass is 227 g/mol. The number of carboxylic acids is 2. The largest absolute Gasteiger partial charge is 1.00 e. The fourth-order valence-electron chi connectivity index (χ4n) is 1.36. The van der Waals surface area contributed by atoms with Crippen LogP contribution < -0.4 is 29.6 Å². The summed E-state index contributed by atoms with van der Waals surface area (Å²) >= 11 is 0. The molecule has 2 N–H and O–H groups in total. The Morgan fingerprint density at radius 2 is 1.53 bits per heavy atom. The van der Waals surface area contributed by atoms with Crippen molar-refractivity contribution in [2.24, 2.45) is 5.92 Å². The van der Waals surface area contributed by atoms with Crippen LogP contribution in [0.5, 0.6) is 0 Å². The minimum atomic E-state index is -1.05. The molecule has 1 saturated heterocycles. The van der Waals surface area contributed by atoms with Gasteiger partial charge in [-0.2, -0.15) is 0 Å². The quantitative estimate of drug-likeness (QED) is 0.484. The fourth-order valence-corrected chi connectivity index (χ4v) is 1.36. The fraction of sp³-hybridized carbons (Fsp3) is 0.750. The van der Waals surface area contributed by atoms with E-state index in [0.29, 0.717) is 13.2 Å². The Morgan fingerprint density at radius 1 is 1.13 bits per heavy atom. The first-order chi connectivity index (χ1) is 6.59. The number of carbonyl (C=O) groups is 2. The van der Waals surface area contributed by atoms with E-state index in [1.54, 1.807) is 0 Å². The van der Waals surface area contributed by atoms with Crippen molar-refractivity contribution in [3.05, 3.63) is 0 Å². The number of hydrogen-bond donors (Lipinski definition) is 2. The summed E-state index contributed by atoms with van der Waals surface area (Å²) < 4.78 is 10.1. The van der Waals surface area contributed by atoms with E-state index in [2.05, 4.69) is 0 Å². The molecule has 1 aliphatic rings. The first-order valence-electron chi connectivity index (χ1n) is 4.26. The molecule has 1 rings (SSSR count). The van der Waals surface area contributed by atoms with Gasteiger partial charge >= 0.3 is 41.5 Å². The van der Waals surface area contributed by atoms with Gasteiger partial charge in [0.25, 0.3) is 0 Å². The zero-order valence-corrected chi connectivity index (χ0v) is 10.5. The molecule has 0 aromatic rings. The molecule has 6 nitrogen and oxygen atoms in total. The summed E-state index contributed by atoms with van der Waals surface area (Å²) in [5.74, 6) is -2.71. The van der Waals surface area contributed by atoms with Gasteiger partial charge in [-0.25, -0.2) is 0 Å². The maximum Gasteiger partial charge on any atom is 1.00 e. The molecule has 0 amide bonds. The Morgan fingerprint density at radius 3 is 1.87 bits per heavy atom. The van der Waals surface area contributed by atoms with Gasteiger partial charge in [0.05, 0.1) is 26.1 Å². The van der Waals surface area contributed by atoms with Crippen molar-refractivity contribution in [3.8, 4) is 0 Å². The predicted molar refractivity (Wildman–Crippen MR) is 43.7 cm³/mol. The van der Waals surface area contributed by atoms with Crippen LogP contribution in [0.2, 0.25) is 0 Å². The number of carboxylic acid groups (broad SMARTS) is 2. The molecule has 0 spiro atoms. The second-order valence-electron chi connectivity index (χ2n) is 3.07. The van der Waals surface area contributed by atoms with Crippen molar-refractivity contribution in [1.82, 2.24) is 0 Å². The second kappa shape index (κ2) is 7.19. The normalized spacial score (nSPS) is 16.3. The van der Waals surface area contributed by atoms with Crippen LogP contribution >= 0.6 is 0 Å². The van der Waals surface area contributed by atoms with Crippen LogP contribution in [0.3, 0.4) is 0 Å². The van der Waals surface area contributed by atoms with Crippen molar-refractivity contribution in [3.63, 3.8) is 0 Å². The average molecular weight is 227 g/mol. The van der Waals surface area contributed by atoms with Gasteiger partial charge in [-0.1, -0.05) is 0 Å². The maximum atomic E-state index is 10.4. The van der Waals surface area contributed by atoms with Crippen LogP contribution in [-0.2, 0) is 19.1 Å². The average Bonchev–Trinajstić information content (AvgIpc) is 2.52. The molecule has 0 unspecified atom stereocenters. The van der Waals surface area contributed by atoms with Gasteiger partial charge < -0.3 is 19.7 Å². The molecule has 0 aromatic heterocycles. The Balaban J connectivity index is 0.00000196. The zero-order valence-electron chi connectivity index (χ0n) is 8.51. The molecule has 0 bridgehead atoms. The van der Waals surface area contributed by atoms with E-state index in [1.165, 1.54) is 0 Å². The first kappa shape index (κ1) is 14.9. The molecule has 0 radical (unpaired) electrons. The third-order valence-corrected chi connectivity index (χ3v) is 1.91. The molecule has 0 saturated carbocycles. The molecule has 7 heteroatoms. The summed E-state index contributed by atoms with van der Waals surface area (Å²) in [6.45, 7) is 0.779. The summed E-state index contributed by atoms with van der Waals surface area (Å²) in [5.41, 5.74) is 0. The topological polar surface area (TPSA) is 93.1 Å². The van der Waals surface area contributed by atoms with Gasteiger partial charge in [0, 0.05) is 5.92 Å². The molecule has 1 fully saturated rings. The number of hydrogen-bond acceptors (Lipinski definition) is 4. The Labute approximate surface area is 109 Å². The third kappa shape index (κ3) is 5.48. The standard InChI is InChI=1S/C8H12O6.Na/c9-6(10)3-5(4-7(11)12)8-13-1-2-14-8;/h5,8H,1-4H2,(H,9,10)(H,11,12);/q;+1. The first-order valence-corrected chi connectivity index (χ1v) is 4.26. The van der Waals surface area contributed by atoms with Gasteiger partial charge in [-0.3, -0.25) is 9.59 Å². The Kier molecular flexibility index (Phi) is 7.12. The molecule has 0 aliphatic carbocycles. The summed E-state index contributed by atoms with van der Waals surface area (Å²) in [7, 11) is 0. The molecule has 15 heavy (non-hydrogen) atoms. The van der Waals surface area contributed by atoms with Crippen molar-refractivity contribution < 1.29 is 58.8 Å². The SMILES string of the molecule is O=C(O)CC(CC(=O)O)C1OCCO1.[Na+]. The van der Waals surface area contributed by atoms with E-state index >= 15 is 0 Å². The van der Waals surface area contributed by atoms with E-state index in [-0.39, 0.29) is 42.4 Å². The van der Waals surface area contributed by atoms with Crippen LogP contribution in [0.1, 0.15) is 12.8 Å². The van der Waals surface area contributed by atoms with E-state index < -0.39 is 24.1 Å². The number of rotatable bonds is 5. The molecular weight excluding hydrogens is 215 g/mol. The van der Waals surface area contributed by atoms with Crippen molar-refractivity contribution in [2.75, 3.05) is 13.2 Å². The number of aliphatic carboxylic acids is 2. The van der Waals surface area contributed by atoms with E-state index in [1.807, 2.05) is 0 Å². The summed E-state index contributed by atoms with van der Waals surface area (Å²) in [6, 6.07) is 0. The van der Waals surface area contributed by atoms with Gasteiger partial charge in [0.15, 0.2) is 6.29 Å². The smallest absolute Gasteiger partial charge is 0.481 e. The van der Waals surface area contributed by atoms with Crippen LogP contribution in [0, 0.1) is 5.92 Å². The van der Waals surface area contributed by atoms with E-state index in [0.717, 1.165) is 0 Å². The predicted octanol–water partition coefficient (Wildman–Crippen LogP) is -3.07. The van der Waals surface area contributed by atoms with Gasteiger partial charge in [0.2, 0.25) is 0 Å². The minimum Gasteiger partial charge on any atom is -0.481 e. The van der Waals surface area contributed by atoms with Gasteiger partial charge in [-0.05, 0) is 0 Å². The van der Waals surface area contributed by atoms with Crippen LogP contribution in [0.25, 0.3) is 0 Å². The van der Waals surface area contributed by atoms with Crippen molar-refractivity contribution in [1.29, 1.82) is 0 Å². The van der Waals surface area contributed by atoms with Crippen LogP contribution in [-0.4, -0.2) is 41.7 Å². The molecule has 1 heterocycles. The summed E-state index contributed by atoms with van der Waals surface area (Å²) in [5, 5.41) is 17.1. The summed E-state index contributed by atoms with van der Waals surface area (Å²) in [6.07, 6.45) is -1.20. The Hall–Kier alpha value is -0.140. The minimum absolute atomic E-state index is 0. The number of ether oxygens (including phenoxy) is 2. The van der Waals surface area contributed by atoms with Crippen LogP contribution in [0.15, 0.2) is 0 Å². The van der Waals surface area contributed by atoms with Crippen molar-refractivity contribution >= 4 is 11.9 Å². The Bertz CT molecular complexity index is 209. The second-order valence-corrected chi connectivity index (χ2v) is 3.07. The molecule has 0 aromatic carbocycles.